The number of carbonyl (C=O) groups is 1. The largest absolute Gasteiger partial charge is 0.345 e. The van der Waals surface area contributed by atoms with Gasteiger partial charge in [-0.1, -0.05) is 98.3 Å². The Morgan fingerprint density at radius 3 is 2.35 bits per heavy atom. The average molecular weight is 366 g/mol. The van der Waals surface area contributed by atoms with Crippen LogP contribution in [0.1, 0.15) is 36.1 Å². The molecular formula is C23H31NOSi. The molecule has 0 radical (unpaired) electrons. The van der Waals surface area contributed by atoms with Gasteiger partial charge in [-0.3, -0.25) is 4.79 Å². The molecule has 1 unspecified atom stereocenters. The molecule has 0 saturated heterocycles. The third-order valence-electron chi connectivity index (χ3n) is 4.66. The van der Waals surface area contributed by atoms with E-state index in [0.29, 0.717) is 0 Å². The summed E-state index contributed by atoms with van der Waals surface area (Å²) >= 11 is 0. The van der Waals surface area contributed by atoms with E-state index < -0.39 is 8.07 Å². The van der Waals surface area contributed by atoms with Crippen LogP contribution in [0.4, 0.5) is 0 Å². The summed E-state index contributed by atoms with van der Waals surface area (Å²) in [5.41, 5.74) is 5.79. The second-order valence-electron chi connectivity index (χ2n) is 7.73. The van der Waals surface area contributed by atoms with Gasteiger partial charge in [0.15, 0.2) is 0 Å². The SMILES string of the molecule is CCC[Si](C)(C)C=CC(=O)NC(Cc1ccc(C)cc1)c1ccccc1. The second-order valence-corrected chi connectivity index (χ2v) is 12.5. The Hall–Kier alpha value is -2.13. The van der Waals surface area contributed by atoms with Crippen LogP contribution in [-0.2, 0) is 11.2 Å². The van der Waals surface area contributed by atoms with Gasteiger partial charge in [0.1, 0.15) is 0 Å². The Kier molecular flexibility index (Phi) is 7.40. The lowest BCUT2D eigenvalue weighted by Crippen LogP contribution is -2.30. The topological polar surface area (TPSA) is 29.1 Å². The summed E-state index contributed by atoms with van der Waals surface area (Å²) in [6, 6.07) is 19.9. The smallest absolute Gasteiger partial charge is 0.243 e. The molecule has 2 rings (SSSR count). The minimum Gasteiger partial charge on any atom is -0.345 e. The second kappa shape index (κ2) is 9.53. The molecule has 1 amide bonds. The molecule has 2 nitrogen and oxygen atoms in total. The van der Waals surface area contributed by atoms with Gasteiger partial charge in [0, 0.05) is 0 Å². The summed E-state index contributed by atoms with van der Waals surface area (Å²) < 4.78 is 0. The maximum absolute atomic E-state index is 12.5. The normalized spacial score (nSPS) is 12.9. The fourth-order valence-electron chi connectivity index (χ4n) is 3.15. The van der Waals surface area contributed by atoms with Crippen molar-refractivity contribution in [2.75, 3.05) is 0 Å². The third-order valence-corrected chi connectivity index (χ3v) is 7.52. The first-order valence-corrected chi connectivity index (χ1v) is 12.8. The number of amides is 1. The fraction of sp³-hybridized carbons (Fsp3) is 0.348. The van der Waals surface area contributed by atoms with Crippen LogP contribution in [-0.4, -0.2) is 14.0 Å². The van der Waals surface area contributed by atoms with Crippen molar-refractivity contribution in [2.24, 2.45) is 0 Å². The van der Waals surface area contributed by atoms with Crippen molar-refractivity contribution >= 4 is 14.0 Å². The summed E-state index contributed by atoms with van der Waals surface area (Å²) in [5, 5.41) is 3.21. The van der Waals surface area contributed by atoms with Crippen molar-refractivity contribution in [3.63, 3.8) is 0 Å². The molecule has 1 N–H and O–H groups in total. The van der Waals surface area contributed by atoms with E-state index in [4.69, 9.17) is 0 Å². The predicted molar refractivity (Wildman–Crippen MR) is 114 cm³/mol. The number of hydrogen-bond acceptors (Lipinski definition) is 1. The quantitative estimate of drug-likeness (QED) is 0.478. The van der Waals surface area contributed by atoms with Crippen LogP contribution in [0.25, 0.3) is 0 Å². The molecule has 0 spiro atoms. The Labute approximate surface area is 159 Å². The van der Waals surface area contributed by atoms with E-state index >= 15 is 0 Å². The van der Waals surface area contributed by atoms with Gasteiger partial charge in [0.25, 0.3) is 0 Å². The first-order chi connectivity index (χ1) is 12.4. The van der Waals surface area contributed by atoms with Gasteiger partial charge >= 0.3 is 0 Å². The Morgan fingerprint density at radius 2 is 1.73 bits per heavy atom. The van der Waals surface area contributed by atoms with Crippen LogP contribution >= 0.6 is 0 Å². The van der Waals surface area contributed by atoms with Crippen LogP contribution in [0.15, 0.2) is 66.4 Å². The first-order valence-electron chi connectivity index (χ1n) is 9.50. The summed E-state index contributed by atoms with van der Waals surface area (Å²) in [7, 11) is -1.42. The number of aryl methyl sites for hydroxylation is 1. The minimum atomic E-state index is -1.42. The molecule has 3 heteroatoms. The van der Waals surface area contributed by atoms with Gasteiger partial charge in [0.05, 0.1) is 14.1 Å². The lowest BCUT2D eigenvalue weighted by atomic mass is 9.98. The molecule has 0 aliphatic carbocycles. The maximum atomic E-state index is 12.5. The van der Waals surface area contributed by atoms with Crippen molar-refractivity contribution in [1.82, 2.24) is 5.32 Å². The first kappa shape index (κ1) is 20.2. The molecule has 2 aromatic rings. The summed E-state index contributed by atoms with van der Waals surface area (Å²) in [6.45, 7) is 8.91. The Morgan fingerprint density at radius 1 is 1.08 bits per heavy atom. The highest BCUT2D eigenvalue weighted by molar-refractivity contribution is 6.82. The van der Waals surface area contributed by atoms with Crippen molar-refractivity contribution in [3.8, 4) is 0 Å². The fourth-order valence-corrected chi connectivity index (χ4v) is 5.20. The van der Waals surface area contributed by atoms with E-state index in [0.717, 1.165) is 12.0 Å². The van der Waals surface area contributed by atoms with E-state index in [9.17, 15) is 4.79 Å². The van der Waals surface area contributed by atoms with Crippen LogP contribution in [0.3, 0.4) is 0 Å². The highest BCUT2D eigenvalue weighted by atomic mass is 28.3. The molecule has 0 aliphatic heterocycles. The zero-order valence-electron chi connectivity index (χ0n) is 16.5. The molecule has 0 fully saturated rings. The van der Waals surface area contributed by atoms with Gasteiger partial charge in [-0.05, 0) is 30.5 Å². The Balaban J connectivity index is 2.12. The molecule has 0 bridgehead atoms. The van der Waals surface area contributed by atoms with Crippen LogP contribution < -0.4 is 5.32 Å². The molecule has 0 saturated carbocycles. The highest BCUT2D eigenvalue weighted by Gasteiger charge is 2.17. The van der Waals surface area contributed by atoms with E-state index in [1.165, 1.54) is 23.6 Å². The van der Waals surface area contributed by atoms with Crippen molar-refractivity contribution in [1.29, 1.82) is 0 Å². The molecule has 0 aliphatic rings. The van der Waals surface area contributed by atoms with Gasteiger partial charge in [-0.25, -0.2) is 0 Å². The molecule has 0 heterocycles. The van der Waals surface area contributed by atoms with Crippen molar-refractivity contribution in [2.45, 2.75) is 51.9 Å². The molecule has 26 heavy (non-hydrogen) atoms. The van der Waals surface area contributed by atoms with E-state index in [1.807, 2.05) is 18.2 Å². The monoisotopic (exact) mass is 365 g/mol. The number of rotatable bonds is 8. The summed E-state index contributed by atoms with van der Waals surface area (Å²) in [4.78, 5) is 12.5. The minimum absolute atomic E-state index is 0.00245. The standard InChI is InChI=1S/C23H31NOSi/c1-5-16-26(3,4)17-15-23(25)24-22(21-9-7-6-8-10-21)18-20-13-11-19(2)12-14-20/h6-15,17,22H,5,16,18H2,1-4H3,(H,24,25). The molecule has 1 atom stereocenters. The van der Waals surface area contributed by atoms with Crippen molar-refractivity contribution < 1.29 is 4.79 Å². The zero-order chi connectivity index (χ0) is 19.0. The third kappa shape index (κ3) is 6.64. The van der Waals surface area contributed by atoms with E-state index in [1.54, 1.807) is 6.08 Å². The summed E-state index contributed by atoms with van der Waals surface area (Å²) in [6.07, 6.45) is 3.72. The zero-order valence-corrected chi connectivity index (χ0v) is 17.5. The lowest BCUT2D eigenvalue weighted by Gasteiger charge is -2.20. The molecule has 0 aromatic heterocycles. The number of hydrogen-bond donors (Lipinski definition) is 1. The predicted octanol–water partition coefficient (Wildman–Crippen LogP) is 5.61. The average Bonchev–Trinajstić information content (AvgIpc) is 2.62. The van der Waals surface area contributed by atoms with E-state index in [-0.39, 0.29) is 11.9 Å². The van der Waals surface area contributed by atoms with E-state index in [2.05, 4.69) is 74.4 Å². The maximum Gasteiger partial charge on any atom is 0.243 e. The van der Waals surface area contributed by atoms with Crippen LogP contribution in [0.2, 0.25) is 19.1 Å². The summed E-state index contributed by atoms with van der Waals surface area (Å²) in [5.74, 6) is 0.00245. The number of carbonyl (C=O) groups excluding carboxylic acids is 1. The van der Waals surface area contributed by atoms with Crippen molar-refractivity contribution in [3.05, 3.63) is 83.1 Å². The van der Waals surface area contributed by atoms with Crippen LogP contribution in [0.5, 0.6) is 0 Å². The number of benzene rings is 2. The van der Waals surface area contributed by atoms with Gasteiger partial charge < -0.3 is 5.32 Å². The molecular weight excluding hydrogens is 334 g/mol. The van der Waals surface area contributed by atoms with Gasteiger partial charge in [-0.15, -0.1) is 0 Å². The Bertz CT molecular complexity index is 720. The molecule has 138 valence electrons. The van der Waals surface area contributed by atoms with Crippen LogP contribution in [0, 0.1) is 6.92 Å². The van der Waals surface area contributed by atoms with Gasteiger partial charge in [-0.2, -0.15) is 0 Å². The molecule has 2 aromatic carbocycles. The van der Waals surface area contributed by atoms with Gasteiger partial charge in [0.2, 0.25) is 5.91 Å². The number of nitrogens with one attached hydrogen (secondary N) is 1. The lowest BCUT2D eigenvalue weighted by molar-refractivity contribution is -0.117. The highest BCUT2D eigenvalue weighted by Crippen LogP contribution is 2.19.